The first kappa shape index (κ1) is 15.8. The van der Waals surface area contributed by atoms with Crippen LogP contribution in [0.4, 0.5) is 15.8 Å². The van der Waals surface area contributed by atoms with Crippen molar-refractivity contribution in [3.8, 4) is 5.75 Å². The van der Waals surface area contributed by atoms with Crippen molar-refractivity contribution in [2.24, 2.45) is 0 Å². The van der Waals surface area contributed by atoms with Crippen LogP contribution in [0.2, 0.25) is 0 Å². The van der Waals surface area contributed by atoms with E-state index in [0.29, 0.717) is 0 Å². The molecule has 116 valence electrons. The van der Waals surface area contributed by atoms with Gasteiger partial charge in [0.2, 0.25) is 5.91 Å². The fraction of sp³-hybridized carbons (Fsp3) is 0.235. The standard InChI is InChI=1S/C17H19FN2O2/c1-20(2)15-9-5-4-8-14(15)19-17(21)11-12-22-16-10-6-3-7-13(16)18/h3-10H,11-12H2,1-2H3,(H,19,21). The lowest BCUT2D eigenvalue weighted by atomic mass is 10.2. The Labute approximate surface area is 129 Å². The van der Waals surface area contributed by atoms with Gasteiger partial charge in [0.1, 0.15) is 0 Å². The summed E-state index contributed by atoms with van der Waals surface area (Å²) < 4.78 is 18.6. The van der Waals surface area contributed by atoms with Crippen LogP contribution in [-0.4, -0.2) is 26.6 Å². The van der Waals surface area contributed by atoms with Crippen LogP contribution in [0.15, 0.2) is 48.5 Å². The molecule has 5 heteroatoms. The summed E-state index contributed by atoms with van der Waals surface area (Å²) in [7, 11) is 3.82. The lowest BCUT2D eigenvalue weighted by Gasteiger charge is -2.17. The fourth-order valence-electron chi connectivity index (χ4n) is 2.00. The van der Waals surface area contributed by atoms with Crippen molar-refractivity contribution in [1.82, 2.24) is 0 Å². The van der Waals surface area contributed by atoms with Gasteiger partial charge in [-0.15, -0.1) is 0 Å². The minimum absolute atomic E-state index is 0.122. The number of nitrogens with zero attached hydrogens (tertiary/aromatic N) is 1. The molecular weight excluding hydrogens is 283 g/mol. The Bertz CT molecular complexity index is 644. The summed E-state index contributed by atoms with van der Waals surface area (Å²) in [6.07, 6.45) is 0.149. The Morgan fingerprint density at radius 2 is 1.82 bits per heavy atom. The number of halogens is 1. The molecule has 0 spiro atoms. The number of carbonyl (C=O) groups excluding carboxylic acids is 1. The summed E-state index contributed by atoms with van der Waals surface area (Å²) in [5.74, 6) is -0.449. The van der Waals surface area contributed by atoms with E-state index in [4.69, 9.17) is 4.74 Å². The molecule has 0 unspecified atom stereocenters. The highest BCUT2D eigenvalue weighted by atomic mass is 19.1. The molecule has 2 aromatic carbocycles. The average Bonchev–Trinajstić information content (AvgIpc) is 2.49. The van der Waals surface area contributed by atoms with Crippen LogP contribution >= 0.6 is 0 Å². The van der Waals surface area contributed by atoms with Crippen LogP contribution < -0.4 is 15.0 Å². The lowest BCUT2D eigenvalue weighted by molar-refractivity contribution is -0.116. The van der Waals surface area contributed by atoms with Crippen molar-refractivity contribution in [2.75, 3.05) is 30.9 Å². The van der Waals surface area contributed by atoms with Gasteiger partial charge >= 0.3 is 0 Å². The molecule has 0 fully saturated rings. The number of nitrogens with one attached hydrogen (secondary N) is 1. The van der Waals surface area contributed by atoms with Gasteiger partial charge in [0.25, 0.3) is 0 Å². The number of benzene rings is 2. The highest BCUT2D eigenvalue weighted by Crippen LogP contribution is 2.23. The molecule has 0 aliphatic heterocycles. The number of hydrogen-bond donors (Lipinski definition) is 1. The summed E-state index contributed by atoms with van der Waals surface area (Å²) in [6.45, 7) is 0.122. The highest BCUT2D eigenvalue weighted by molar-refractivity contribution is 5.94. The van der Waals surface area contributed by atoms with Gasteiger partial charge in [-0.2, -0.15) is 0 Å². The smallest absolute Gasteiger partial charge is 0.227 e. The molecular formula is C17H19FN2O2. The molecule has 0 saturated carbocycles. The number of ether oxygens (including phenoxy) is 1. The van der Waals surface area contributed by atoms with Gasteiger partial charge in [0.15, 0.2) is 11.6 Å². The summed E-state index contributed by atoms with van der Waals surface area (Å²) in [4.78, 5) is 13.9. The average molecular weight is 302 g/mol. The number of rotatable bonds is 6. The zero-order valence-corrected chi connectivity index (χ0v) is 12.7. The minimum atomic E-state index is -0.430. The monoisotopic (exact) mass is 302 g/mol. The predicted octanol–water partition coefficient (Wildman–Crippen LogP) is 3.30. The van der Waals surface area contributed by atoms with Gasteiger partial charge in [-0.25, -0.2) is 4.39 Å². The van der Waals surface area contributed by atoms with Crippen LogP contribution in [0.1, 0.15) is 6.42 Å². The second-order valence-electron chi connectivity index (χ2n) is 4.99. The molecule has 0 bridgehead atoms. The first-order valence-electron chi connectivity index (χ1n) is 7.01. The Balaban J connectivity index is 1.88. The largest absolute Gasteiger partial charge is 0.490 e. The van der Waals surface area contributed by atoms with Gasteiger partial charge in [0.05, 0.1) is 24.4 Å². The first-order chi connectivity index (χ1) is 10.6. The van der Waals surface area contributed by atoms with Crippen molar-refractivity contribution in [2.45, 2.75) is 6.42 Å². The Morgan fingerprint density at radius 3 is 2.55 bits per heavy atom. The number of carbonyl (C=O) groups is 1. The summed E-state index contributed by atoms with van der Waals surface area (Å²) in [5, 5.41) is 2.84. The van der Waals surface area contributed by atoms with Crippen molar-refractivity contribution in [1.29, 1.82) is 0 Å². The summed E-state index contributed by atoms with van der Waals surface area (Å²) in [6, 6.07) is 13.7. The van der Waals surface area contributed by atoms with Crippen LogP contribution in [0.5, 0.6) is 5.75 Å². The van der Waals surface area contributed by atoms with E-state index in [2.05, 4.69) is 5.32 Å². The van der Waals surface area contributed by atoms with Crippen LogP contribution in [0.3, 0.4) is 0 Å². The quantitative estimate of drug-likeness (QED) is 0.890. The van der Waals surface area contributed by atoms with E-state index in [0.717, 1.165) is 11.4 Å². The Morgan fingerprint density at radius 1 is 1.14 bits per heavy atom. The van der Waals surface area contributed by atoms with Gasteiger partial charge in [-0.1, -0.05) is 24.3 Å². The number of amides is 1. The van der Waals surface area contributed by atoms with E-state index in [-0.39, 0.29) is 24.7 Å². The van der Waals surface area contributed by atoms with Crippen molar-refractivity contribution in [3.05, 3.63) is 54.3 Å². The van der Waals surface area contributed by atoms with E-state index >= 15 is 0 Å². The van der Waals surface area contributed by atoms with Crippen molar-refractivity contribution in [3.63, 3.8) is 0 Å². The summed E-state index contributed by atoms with van der Waals surface area (Å²) in [5.41, 5.74) is 1.66. The maximum absolute atomic E-state index is 13.4. The minimum Gasteiger partial charge on any atom is -0.490 e. The molecule has 0 aliphatic carbocycles. The predicted molar refractivity (Wildman–Crippen MR) is 85.9 cm³/mol. The number of para-hydroxylation sites is 3. The van der Waals surface area contributed by atoms with Gasteiger partial charge in [-0.05, 0) is 24.3 Å². The highest BCUT2D eigenvalue weighted by Gasteiger charge is 2.08. The maximum atomic E-state index is 13.4. The second kappa shape index (κ2) is 7.45. The van der Waals surface area contributed by atoms with E-state index < -0.39 is 5.82 Å². The van der Waals surface area contributed by atoms with Gasteiger partial charge < -0.3 is 15.0 Å². The van der Waals surface area contributed by atoms with Crippen LogP contribution in [0, 0.1) is 5.82 Å². The molecule has 0 radical (unpaired) electrons. The van der Waals surface area contributed by atoms with Crippen molar-refractivity contribution >= 4 is 17.3 Å². The SMILES string of the molecule is CN(C)c1ccccc1NC(=O)CCOc1ccccc1F. The number of anilines is 2. The normalized spacial score (nSPS) is 10.1. The second-order valence-corrected chi connectivity index (χ2v) is 4.99. The molecule has 2 aromatic rings. The molecule has 0 saturated heterocycles. The molecule has 4 nitrogen and oxygen atoms in total. The third-order valence-electron chi connectivity index (χ3n) is 3.08. The molecule has 0 aromatic heterocycles. The summed E-state index contributed by atoms with van der Waals surface area (Å²) >= 11 is 0. The van der Waals surface area contributed by atoms with E-state index in [1.165, 1.54) is 12.1 Å². The Hall–Kier alpha value is -2.56. The maximum Gasteiger partial charge on any atom is 0.227 e. The first-order valence-corrected chi connectivity index (χ1v) is 7.01. The van der Waals surface area contributed by atoms with Crippen molar-refractivity contribution < 1.29 is 13.9 Å². The zero-order chi connectivity index (χ0) is 15.9. The van der Waals surface area contributed by atoms with E-state index in [1.807, 2.05) is 43.3 Å². The molecule has 22 heavy (non-hydrogen) atoms. The zero-order valence-electron chi connectivity index (χ0n) is 12.7. The fourth-order valence-corrected chi connectivity index (χ4v) is 2.00. The lowest BCUT2D eigenvalue weighted by Crippen LogP contribution is -2.18. The molecule has 0 heterocycles. The van der Waals surface area contributed by atoms with Gasteiger partial charge in [0, 0.05) is 14.1 Å². The number of hydrogen-bond acceptors (Lipinski definition) is 3. The Kier molecular flexibility index (Phi) is 5.36. The topological polar surface area (TPSA) is 41.6 Å². The van der Waals surface area contributed by atoms with E-state index in [9.17, 15) is 9.18 Å². The van der Waals surface area contributed by atoms with Crippen LogP contribution in [-0.2, 0) is 4.79 Å². The van der Waals surface area contributed by atoms with E-state index in [1.54, 1.807) is 12.1 Å². The molecule has 0 atom stereocenters. The molecule has 1 N–H and O–H groups in total. The molecule has 2 rings (SSSR count). The molecule has 1 amide bonds. The third kappa shape index (κ3) is 4.22. The molecule has 0 aliphatic rings. The third-order valence-corrected chi connectivity index (χ3v) is 3.08. The van der Waals surface area contributed by atoms with Crippen LogP contribution in [0.25, 0.3) is 0 Å². The van der Waals surface area contributed by atoms with Gasteiger partial charge in [-0.3, -0.25) is 4.79 Å².